The number of hydrogen-bond donors (Lipinski definition) is 0. The third kappa shape index (κ3) is 4.18. The van der Waals surface area contributed by atoms with Crippen LogP contribution in [-0.4, -0.2) is 24.5 Å². The van der Waals surface area contributed by atoms with Crippen molar-refractivity contribution in [2.24, 2.45) is 23.2 Å². The maximum absolute atomic E-state index is 2.68. The summed E-state index contributed by atoms with van der Waals surface area (Å²) >= 11 is 0. The highest BCUT2D eigenvalue weighted by Crippen LogP contribution is 2.65. The lowest BCUT2D eigenvalue weighted by atomic mass is 9.45. The number of rotatable bonds is 7. The Bertz CT molecular complexity index is 841. The van der Waals surface area contributed by atoms with Crippen molar-refractivity contribution in [3.63, 3.8) is 0 Å². The fourth-order valence-corrected chi connectivity index (χ4v) is 8.64. The average molecular weight is 428 g/mol. The van der Waals surface area contributed by atoms with Crippen molar-refractivity contribution in [2.45, 2.75) is 76.5 Å². The summed E-state index contributed by atoms with van der Waals surface area (Å²) in [6.07, 6.45) is 15.7. The number of likely N-dealkylation sites (tertiary alicyclic amines) is 1. The number of piperidine rings is 1. The Kier molecular flexibility index (Phi) is 5.88. The van der Waals surface area contributed by atoms with E-state index in [-0.39, 0.29) is 0 Å². The minimum Gasteiger partial charge on any atom is -0.303 e. The van der Waals surface area contributed by atoms with Gasteiger partial charge in [-0.1, -0.05) is 61.0 Å². The Labute approximate surface area is 195 Å². The molecule has 5 aliphatic rings. The normalized spacial score (nSPS) is 32.8. The van der Waals surface area contributed by atoms with Gasteiger partial charge in [-0.25, -0.2) is 0 Å². The molecule has 2 aromatic rings. The average Bonchev–Trinajstić information content (AvgIpc) is 2.81. The van der Waals surface area contributed by atoms with Gasteiger partial charge in [0.15, 0.2) is 0 Å². The van der Waals surface area contributed by atoms with Gasteiger partial charge in [-0.15, -0.1) is 0 Å². The molecule has 0 amide bonds. The van der Waals surface area contributed by atoms with Crippen molar-refractivity contribution in [2.75, 3.05) is 19.6 Å². The minimum atomic E-state index is 0.506. The Morgan fingerprint density at radius 1 is 0.719 bits per heavy atom. The highest BCUT2D eigenvalue weighted by Gasteiger charge is 2.54. The molecule has 1 atom stereocenters. The molecule has 5 fully saturated rings. The van der Waals surface area contributed by atoms with Crippen molar-refractivity contribution < 1.29 is 0 Å². The topological polar surface area (TPSA) is 3.24 Å². The van der Waals surface area contributed by atoms with Crippen molar-refractivity contribution in [3.8, 4) is 0 Å². The second-order valence-corrected chi connectivity index (χ2v) is 11.9. The molecule has 170 valence electrons. The van der Waals surface area contributed by atoms with E-state index < -0.39 is 0 Å². The third-order valence-electron chi connectivity index (χ3n) is 9.53. The molecule has 4 saturated carbocycles. The summed E-state index contributed by atoms with van der Waals surface area (Å²) in [5.41, 5.74) is 5.18. The van der Waals surface area contributed by atoms with E-state index in [2.05, 4.69) is 59.5 Å². The second-order valence-electron chi connectivity index (χ2n) is 11.9. The first-order valence-corrected chi connectivity index (χ1v) is 13.6. The summed E-state index contributed by atoms with van der Waals surface area (Å²) in [6.45, 7) is 3.92. The standard InChI is InChI=1S/C31H41N/c1-3-9-28(10-4-1)30(31-21-25-18-26(22-31)20-27(19-25)23-31)29-13-11-24(12-14-29)8-7-17-32-15-5-2-6-16-32/h1,3-4,9-14,25-27,30H,2,5-8,15-23H2. The van der Waals surface area contributed by atoms with E-state index in [1.54, 1.807) is 11.1 Å². The molecule has 1 aliphatic heterocycles. The fourth-order valence-electron chi connectivity index (χ4n) is 8.64. The van der Waals surface area contributed by atoms with Gasteiger partial charge in [-0.05, 0) is 124 Å². The molecule has 1 unspecified atom stereocenters. The summed E-state index contributed by atoms with van der Waals surface area (Å²) in [7, 11) is 0. The number of nitrogens with zero attached hydrogens (tertiary/aromatic N) is 1. The van der Waals surface area contributed by atoms with Crippen molar-refractivity contribution in [1.82, 2.24) is 4.90 Å². The van der Waals surface area contributed by atoms with Crippen molar-refractivity contribution in [3.05, 3.63) is 71.3 Å². The van der Waals surface area contributed by atoms with E-state index in [0.717, 1.165) is 17.8 Å². The van der Waals surface area contributed by atoms with E-state index >= 15 is 0 Å². The minimum absolute atomic E-state index is 0.506. The van der Waals surface area contributed by atoms with E-state index in [0.29, 0.717) is 11.3 Å². The van der Waals surface area contributed by atoms with Crippen LogP contribution in [0.25, 0.3) is 0 Å². The summed E-state index contributed by atoms with van der Waals surface area (Å²) < 4.78 is 0. The van der Waals surface area contributed by atoms with Crippen molar-refractivity contribution in [1.29, 1.82) is 0 Å². The van der Waals surface area contributed by atoms with Crippen LogP contribution in [0.4, 0.5) is 0 Å². The maximum atomic E-state index is 2.68. The summed E-state index contributed by atoms with van der Waals surface area (Å²) in [4.78, 5) is 2.68. The van der Waals surface area contributed by atoms with Gasteiger partial charge in [0.2, 0.25) is 0 Å². The molecule has 7 rings (SSSR count). The Hall–Kier alpha value is -1.60. The van der Waals surface area contributed by atoms with Crippen LogP contribution in [0.15, 0.2) is 54.6 Å². The number of hydrogen-bond acceptors (Lipinski definition) is 1. The molecular weight excluding hydrogens is 386 g/mol. The predicted octanol–water partition coefficient (Wildman–Crippen LogP) is 7.45. The van der Waals surface area contributed by atoms with Crippen LogP contribution in [0.1, 0.15) is 86.8 Å². The maximum Gasteiger partial charge on any atom is 0.0146 e. The lowest BCUT2D eigenvalue weighted by molar-refractivity contribution is -0.0618. The van der Waals surface area contributed by atoms with E-state index in [1.165, 1.54) is 95.8 Å². The SMILES string of the molecule is c1ccc(C(c2ccc(CCCN3CCCCC3)cc2)C23CC4CC(CC(C4)C2)C3)cc1. The molecule has 1 heteroatoms. The quantitative estimate of drug-likeness (QED) is 0.443. The Balaban J connectivity index is 1.21. The molecule has 0 spiro atoms. The molecule has 4 bridgehead atoms. The Morgan fingerprint density at radius 2 is 1.31 bits per heavy atom. The van der Waals surface area contributed by atoms with Crippen LogP contribution in [0.3, 0.4) is 0 Å². The van der Waals surface area contributed by atoms with E-state index in [4.69, 9.17) is 0 Å². The van der Waals surface area contributed by atoms with Crippen LogP contribution in [0.5, 0.6) is 0 Å². The van der Waals surface area contributed by atoms with Crippen molar-refractivity contribution >= 4 is 0 Å². The molecule has 0 radical (unpaired) electrons. The summed E-state index contributed by atoms with van der Waals surface area (Å²) in [5, 5.41) is 0. The van der Waals surface area contributed by atoms with Crippen LogP contribution < -0.4 is 0 Å². The van der Waals surface area contributed by atoms with E-state index in [1.807, 2.05) is 0 Å². The predicted molar refractivity (Wildman–Crippen MR) is 134 cm³/mol. The summed E-state index contributed by atoms with van der Waals surface area (Å²) in [6, 6.07) is 21.5. The van der Waals surface area contributed by atoms with Crippen LogP contribution in [-0.2, 0) is 6.42 Å². The van der Waals surface area contributed by atoms with Crippen LogP contribution >= 0.6 is 0 Å². The van der Waals surface area contributed by atoms with Gasteiger partial charge < -0.3 is 4.90 Å². The van der Waals surface area contributed by atoms with Gasteiger partial charge in [0, 0.05) is 5.92 Å². The first-order valence-electron chi connectivity index (χ1n) is 13.6. The zero-order chi connectivity index (χ0) is 21.4. The van der Waals surface area contributed by atoms with E-state index in [9.17, 15) is 0 Å². The molecule has 4 aliphatic carbocycles. The first kappa shape index (κ1) is 21.0. The monoisotopic (exact) mass is 427 g/mol. The van der Waals surface area contributed by atoms with Gasteiger partial charge in [-0.2, -0.15) is 0 Å². The molecule has 2 aromatic carbocycles. The smallest absolute Gasteiger partial charge is 0.0146 e. The lowest BCUT2D eigenvalue weighted by Gasteiger charge is -2.60. The second kappa shape index (κ2) is 8.98. The first-order chi connectivity index (χ1) is 15.8. The molecule has 32 heavy (non-hydrogen) atoms. The molecule has 0 aromatic heterocycles. The zero-order valence-electron chi connectivity index (χ0n) is 19.9. The molecular formula is C31H41N. The number of benzene rings is 2. The van der Waals surface area contributed by atoms with Crippen LogP contribution in [0, 0.1) is 23.2 Å². The Morgan fingerprint density at radius 3 is 1.94 bits per heavy atom. The van der Waals surface area contributed by atoms with Gasteiger partial charge in [0.1, 0.15) is 0 Å². The fraction of sp³-hybridized carbons (Fsp3) is 0.613. The van der Waals surface area contributed by atoms with Gasteiger partial charge >= 0.3 is 0 Å². The number of aryl methyl sites for hydroxylation is 1. The molecule has 0 N–H and O–H groups in total. The highest BCUT2D eigenvalue weighted by atomic mass is 15.1. The molecule has 1 nitrogen and oxygen atoms in total. The summed E-state index contributed by atoms with van der Waals surface area (Å²) in [5.74, 6) is 3.59. The zero-order valence-corrected chi connectivity index (χ0v) is 19.9. The lowest BCUT2D eigenvalue weighted by Crippen LogP contribution is -2.49. The molecule has 1 saturated heterocycles. The van der Waals surface area contributed by atoms with Gasteiger partial charge in [-0.3, -0.25) is 0 Å². The van der Waals surface area contributed by atoms with Gasteiger partial charge in [0.05, 0.1) is 0 Å². The highest BCUT2D eigenvalue weighted by molar-refractivity contribution is 5.38. The molecule has 1 heterocycles. The third-order valence-corrected chi connectivity index (χ3v) is 9.53. The largest absolute Gasteiger partial charge is 0.303 e. The van der Waals surface area contributed by atoms with Crippen LogP contribution in [0.2, 0.25) is 0 Å². The van der Waals surface area contributed by atoms with Gasteiger partial charge in [0.25, 0.3) is 0 Å².